The van der Waals surface area contributed by atoms with E-state index in [2.05, 4.69) is 0 Å². The molecule has 0 saturated carbocycles. The van der Waals surface area contributed by atoms with Gasteiger partial charge in [-0.15, -0.1) is 11.3 Å². The molecule has 0 aliphatic rings. The number of carbonyl (C=O) groups is 1. The van der Waals surface area contributed by atoms with E-state index in [1.54, 1.807) is 11.3 Å². The number of carbonyl (C=O) groups excluding carboxylic acids is 1. The highest BCUT2D eigenvalue weighted by atomic mass is 32.1. The molecule has 1 aromatic rings. The predicted octanol–water partition coefficient (Wildman–Crippen LogP) is 2.90. The molecule has 0 unspecified atom stereocenters. The van der Waals surface area contributed by atoms with Crippen molar-refractivity contribution in [2.24, 2.45) is 0 Å². The van der Waals surface area contributed by atoms with E-state index in [0.29, 0.717) is 6.61 Å². The maximum Gasteiger partial charge on any atom is 0.316 e. The fraction of sp³-hybridized carbons (Fsp3) is 0.545. The van der Waals surface area contributed by atoms with Crippen LogP contribution in [0, 0.1) is 6.92 Å². The Hall–Kier alpha value is -0.830. The van der Waals surface area contributed by atoms with Gasteiger partial charge in [-0.25, -0.2) is 0 Å². The summed E-state index contributed by atoms with van der Waals surface area (Å²) in [6.07, 6.45) is 0. The largest absolute Gasteiger partial charge is 0.465 e. The Balaban J connectivity index is 2.89. The van der Waals surface area contributed by atoms with E-state index in [0.717, 1.165) is 4.88 Å². The van der Waals surface area contributed by atoms with Crippen molar-refractivity contribution in [2.75, 3.05) is 6.61 Å². The van der Waals surface area contributed by atoms with Gasteiger partial charge in [-0.2, -0.15) is 0 Å². The van der Waals surface area contributed by atoms with E-state index in [1.807, 2.05) is 39.8 Å². The normalized spacial score (nSPS) is 11.4. The number of thiophene rings is 1. The van der Waals surface area contributed by atoms with Crippen molar-refractivity contribution in [1.82, 2.24) is 0 Å². The van der Waals surface area contributed by atoms with Crippen LogP contribution in [0.2, 0.25) is 0 Å². The van der Waals surface area contributed by atoms with E-state index in [-0.39, 0.29) is 5.97 Å². The SMILES string of the molecule is CCOC(=O)C(C)(C)c1ccc(C)s1. The molecule has 0 spiro atoms. The fourth-order valence-corrected chi connectivity index (χ4v) is 2.14. The first-order valence-electron chi connectivity index (χ1n) is 4.72. The van der Waals surface area contributed by atoms with Crippen molar-refractivity contribution >= 4 is 17.3 Å². The lowest BCUT2D eigenvalue weighted by atomic mass is 9.92. The minimum Gasteiger partial charge on any atom is -0.465 e. The van der Waals surface area contributed by atoms with Gasteiger partial charge in [-0.1, -0.05) is 0 Å². The minimum atomic E-state index is -0.519. The first-order chi connectivity index (χ1) is 6.48. The van der Waals surface area contributed by atoms with Crippen molar-refractivity contribution in [1.29, 1.82) is 0 Å². The number of hydrogen-bond acceptors (Lipinski definition) is 3. The fourth-order valence-electron chi connectivity index (χ4n) is 1.18. The number of hydrogen-bond donors (Lipinski definition) is 0. The van der Waals surface area contributed by atoms with Gasteiger partial charge in [0.2, 0.25) is 0 Å². The van der Waals surface area contributed by atoms with Crippen LogP contribution in [0.1, 0.15) is 30.5 Å². The maximum atomic E-state index is 11.7. The third-order valence-corrected chi connectivity index (χ3v) is 3.47. The van der Waals surface area contributed by atoms with E-state index in [4.69, 9.17) is 4.74 Å². The van der Waals surface area contributed by atoms with E-state index < -0.39 is 5.41 Å². The van der Waals surface area contributed by atoms with Crippen molar-refractivity contribution in [3.05, 3.63) is 21.9 Å². The second-order valence-electron chi connectivity index (χ2n) is 3.76. The molecule has 1 heterocycles. The zero-order chi connectivity index (χ0) is 10.8. The van der Waals surface area contributed by atoms with E-state index in [1.165, 1.54) is 4.88 Å². The molecule has 0 aliphatic carbocycles. The second-order valence-corrected chi connectivity index (χ2v) is 5.04. The van der Waals surface area contributed by atoms with Crippen LogP contribution in [0.5, 0.6) is 0 Å². The summed E-state index contributed by atoms with van der Waals surface area (Å²) in [6, 6.07) is 4.03. The Morgan fingerprint density at radius 3 is 2.57 bits per heavy atom. The highest BCUT2D eigenvalue weighted by Crippen LogP contribution is 2.30. The quantitative estimate of drug-likeness (QED) is 0.720. The minimum absolute atomic E-state index is 0.151. The monoisotopic (exact) mass is 212 g/mol. The third kappa shape index (κ3) is 2.15. The molecule has 0 bridgehead atoms. The molecular formula is C11H16O2S. The molecule has 3 heteroatoms. The molecule has 0 aromatic carbocycles. The van der Waals surface area contributed by atoms with Gasteiger partial charge in [0.1, 0.15) is 0 Å². The first-order valence-corrected chi connectivity index (χ1v) is 5.54. The Morgan fingerprint density at radius 2 is 2.14 bits per heavy atom. The molecule has 1 rings (SSSR count). The zero-order valence-electron chi connectivity index (χ0n) is 9.09. The summed E-state index contributed by atoms with van der Waals surface area (Å²) in [7, 11) is 0. The van der Waals surface area contributed by atoms with E-state index >= 15 is 0 Å². The Bertz CT molecular complexity index is 326. The summed E-state index contributed by atoms with van der Waals surface area (Å²) in [6.45, 7) is 8.10. The van der Waals surface area contributed by atoms with Crippen LogP contribution in [0.4, 0.5) is 0 Å². The second kappa shape index (κ2) is 4.13. The summed E-state index contributed by atoms with van der Waals surface area (Å²) in [5.74, 6) is -0.151. The smallest absolute Gasteiger partial charge is 0.316 e. The lowest BCUT2D eigenvalue weighted by Crippen LogP contribution is -2.30. The van der Waals surface area contributed by atoms with Gasteiger partial charge in [-0.3, -0.25) is 4.79 Å². The molecule has 0 radical (unpaired) electrons. The molecule has 0 fully saturated rings. The van der Waals surface area contributed by atoms with Crippen LogP contribution in [-0.2, 0) is 14.9 Å². The van der Waals surface area contributed by atoms with E-state index in [9.17, 15) is 4.79 Å². The lowest BCUT2D eigenvalue weighted by Gasteiger charge is -2.20. The number of esters is 1. The summed E-state index contributed by atoms with van der Waals surface area (Å²) in [5, 5.41) is 0. The van der Waals surface area contributed by atoms with Crippen molar-refractivity contribution < 1.29 is 9.53 Å². The Labute approximate surface area is 88.9 Å². The summed E-state index contributed by atoms with van der Waals surface area (Å²) in [4.78, 5) is 13.9. The molecule has 14 heavy (non-hydrogen) atoms. The van der Waals surface area contributed by atoms with Crippen LogP contribution >= 0.6 is 11.3 Å². The number of ether oxygens (including phenoxy) is 1. The maximum absolute atomic E-state index is 11.7. The van der Waals surface area contributed by atoms with Gasteiger partial charge in [0, 0.05) is 9.75 Å². The van der Waals surface area contributed by atoms with Crippen LogP contribution in [0.15, 0.2) is 12.1 Å². The summed E-state index contributed by atoms with van der Waals surface area (Å²) >= 11 is 1.65. The zero-order valence-corrected chi connectivity index (χ0v) is 9.90. The van der Waals surface area contributed by atoms with Crippen LogP contribution in [0.3, 0.4) is 0 Å². The Kier molecular flexibility index (Phi) is 3.32. The van der Waals surface area contributed by atoms with Crippen LogP contribution in [-0.4, -0.2) is 12.6 Å². The molecule has 0 N–H and O–H groups in total. The molecule has 0 amide bonds. The molecule has 0 atom stereocenters. The standard InChI is InChI=1S/C11H16O2S/c1-5-13-10(12)11(3,4)9-7-6-8(2)14-9/h6-7H,5H2,1-4H3. The third-order valence-electron chi connectivity index (χ3n) is 2.14. The predicted molar refractivity (Wildman–Crippen MR) is 58.7 cm³/mol. The van der Waals surface area contributed by atoms with Gasteiger partial charge >= 0.3 is 5.97 Å². The lowest BCUT2D eigenvalue weighted by molar-refractivity contribution is -0.148. The van der Waals surface area contributed by atoms with Gasteiger partial charge in [0.05, 0.1) is 12.0 Å². The summed E-state index contributed by atoms with van der Waals surface area (Å²) in [5.41, 5.74) is -0.519. The highest BCUT2D eigenvalue weighted by molar-refractivity contribution is 7.12. The van der Waals surface area contributed by atoms with Crippen LogP contribution in [0.25, 0.3) is 0 Å². The van der Waals surface area contributed by atoms with Gasteiger partial charge < -0.3 is 4.74 Å². The van der Waals surface area contributed by atoms with Crippen molar-refractivity contribution in [3.8, 4) is 0 Å². The molecule has 2 nitrogen and oxygen atoms in total. The molecule has 0 aliphatic heterocycles. The van der Waals surface area contributed by atoms with Gasteiger partial charge in [0.15, 0.2) is 0 Å². The molecule has 1 aromatic heterocycles. The molecule has 78 valence electrons. The van der Waals surface area contributed by atoms with Crippen LogP contribution < -0.4 is 0 Å². The summed E-state index contributed by atoms with van der Waals surface area (Å²) < 4.78 is 5.04. The van der Waals surface area contributed by atoms with Crippen molar-refractivity contribution in [3.63, 3.8) is 0 Å². The number of rotatable bonds is 3. The Morgan fingerprint density at radius 1 is 1.50 bits per heavy atom. The highest BCUT2D eigenvalue weighted by Gasteiger charge is 2.32. The van der Waals surface area contributed by atoms with Crippen molar-refractivity contribution in [2.45, 2.75) is 33.1 Å². The number of aryl methyl sites for hydroxylation is 1. The molecular weight excluding hydrogens is 196 g/mol. The topological polar surface area (TPSA) is 26.3 Å². The van der Waals surface area contributed by atoms with Gasteiger partial charge in [0.25, 0.3) is 0 Å². The molecule has 0 saturated heterocycles. The average molecular weight is 212 g/mol. The first kappa shape index (κ1) is 11.2. The van der Waals surface area contributed by atoms with Gasteiger partial charge in [-0.05, 0) is 39.8 Å². The average Bonchev–Trinajstić information content (AvgIpc) is 2.52.